The number of hydrogen-bond acceptors (Lipinski definition) is 5. The van der Waals surface area contributed by atoms with Crippen LogP contribution in [0.25, 0.3) is 11.5 Å². The van der Waals surface area contributed by atoms with E-state index >= 15 is 0 Å². The number of tetrazole rings is 1. The summed E-state index contributed by atoms with van der Waals surface area (Å²) in [6.45, 7) is 0. The van der Waals surface area contributed by atoms with Gasteiger partial charge in [0.05, 0.1) is 12.6 Å². The second kappa shape index (κ2) is 3.74. The molecule has 0 amide bonds. The summed E-state index contributed by atoms with van der Waals surface area (Å²) in [5.41, 5.74) is 0.853. The summed E-state index contributed by atoms with van der Waals surface area (Å²) >= 11 is 3.24. The maximum atomic E-state index is 8.92. The standard InChI is InChI=1S/C8H5BrN6/c1-15-13-8(12-14-15)7-5(3-10)2-6(9)4-11-7/h2,4H,1H3. The molecule has 0 bridgehead atoms. The molecule has 0 unspecified atom stereocenters. The van der Waals surface area contributed by atoms with Crippen LogP contribution in [0.3, 0.4) is 0 Å². The Labute approximate surface area is 93.7 Å². The van der Waals surface area contributed by atoms with E-state index in [2.05, 4.69) is 36.3 Å². The quantitative estimate of drug-likeness (QED) is 0.765. The molecule has 0 aliphatic rings. The average molecular weight is 265 g/mol. The van der Waals surface area contributed by atoms with E-state index in [4.69, 9.17) is 5.26 Å². The van der Waals surface area contributed by atoms with Gasteiger partial charge in [-0.3, -0.25) is 4.98 Å². The SMILES string of the molecule is Cn1nnc(-c2ncc(Br)cc2C#N)n1. The molecule has 7 heteroatoms. The molecule has 6 nitrogen and oxygen atoms in total. The van der Waals surface area contributed by atoms with Gasteiger partial charge < -0.3 is 0 Å². The molecular formula is C8H5BrN6. The Hall–Kier alpha value is -1.81. The first-order valence-electron chi connectivity index (χ1n) is 4.00. The summed E-state index contributed by atoms with van der Waals surface area (Å²) < 4.78 is 0.742. The van der Waals surface area contributed by atoms with Crippen molar-refractivity contribution in [1.29, 1.82) is 5.26 Å². The fourth-order valence-electron chi connectivity index (χ4n) is 1.08. The number of nitrogens with zero attached hydrogens (tertiary/aromatic N) is 6. The van der Waals surface area contributed by atoms with E-state index in [0.29, 0.717) is 17.1 Å². The molecule has 2 rings (SSSR count). The third kappa shape index (κ3) is 1.85. The van der Waals surface area contributed by atoms with Crippen molar-refractivity contribution >= 4 is 15.9 Å². The van der Waals surface area contributed by atoms with Gasteiger partial charge in [0.2, 0.25) is 5.82 Å². The van der Waals surface area contributed by atoms with Crippen molar-refractivity contribution in [3.05, 3.63) is 22.3 Å². The molecule has 0 aliphatic carbocycles. The van der Waals surface area contributed by atoms with Crippen LogP contribution < -0.4 is 0 Å². The van der Waals surface area contributed by atoms with Crippen molar-refractivity contribution in [1.82, 2.24) is 25.2 Å². The van der Waals surface area contributed by atoms with Gasteiger partial charge in [-0.15, -0.1) is 10.2 Å². The van der Waals surface area contributed by atoms with Gasteiger partial charge in [0.1, 0.15) is 11.8 Å². The molecule has 0 atom stereocenters. The molecule has 0 spiro atoms. The van der Waals surface area contributed by atoms with E-state index in [1.54, 1.807) is 19.3 Å². The lowest BCUT2D eigenvalue weighted by molar-refractivity contribution is 0.630. The van der Waals surface area contributed by atoms with Gasteiger partial charge in [0.15, 0.2) is 0 Å². The molecule has 0 aromatic carbocycles. The lowest BCUT2D eigenvalue weighted by Crippen LogP contribution is -1.94. The normalized spacial score (nSPS) is 9.93. The van der Waals surface area contributed by atoms with Crippen molar-refractivity contribution in [2.45, 2.75) is 0 Å². The highest BCUT2D eigenvalue weighted by molar-refractivity contribution is 9.10. The van der Waals surface area contributed by atoms with Crippen LogP contribution in [0.5, 0.6) is 0 Å². The molecule has 74 valence electrons. The number of pyridine rings is 1. The predicted molar refractivity (Wildman–Crippen MR) is 54.4 cm³/mol. The molecule has 0 saturated heterocycles. The third-order valence-corrected chi connectivity index (χ3v) is 2.13. The molecule has 0 saturated carbocycles. The molecule has 15 heavy (non-hydrogen) atoms. The van der Waals surface area contributed by atoms with Crippen LogP contribution in [-0.4, -0.2) is 25.2 Å². The summed E-state index contributed by atoms with van der Waals surface area (Å²) in [6, 6.07) is 3.70. The van der Waals surface area contributed by atoms with E-state index in [1.165, 1.54) is 4.80 Å². The van der Waals surface area contributed by atoms with Gasteiger partial charge in [0.25, 0.3) is 0 Å². The zero-order valence-corrected chi connectivity index (χ0v) is 9.30. The summed E-state index contributed by atoms with van der Waals surface area (Å²) in [5, 5.41) is 20.4. The molecule has 0 fully saturated rings. The highest BCUT2D eigenvalue weighted by Crippen LogP contribution is 2.19. The van der Waals surface area contributed by atoms with Crippen molar-refractivity contribution in [2.24, 2.45) is 7.05 Å². The molecule has 0 N–H and O–H groups in total. The summed E-state index contributed by atoms with van der Waals surface area (Å²) in [4.78, 5) is 5.40. The van der Waals surface area contributed by atoms with E-state index < -0.39 is 0 Å². The van der Waals surface area contributed by atoms with E-state index in [-0.39, 0.29) is 0 Å². The van der Waals surface area contributed by atoms with Gasteiger partial charge in [0, 0.05) is 10.7 Å². The first-order valence-corrected chi connectivity index (χ1v) is 4.80. The largest absolute Gasteiger partial charge is 0.250 e. The highest BCUT2D eigenvalue weighted by Gasteiger charge is 2.11. The van der Waals surface area contributed by atoms with E-state index in [1.807, 2.05) is 6.07 Å². The Balaban J connectivity index is 2.58. The van der Waals surface area contributed by atoms with Crippen molar-refractivity contribution < 1.29 is 0 Å². The summed E-state index contributed by atoms with van der Waals surface area (Å²) in [6.07, 6.45) is 1.59. The minimum atomic E-state index is 0.349. The van der Waals surface area contributed by atoms with Gasteiger partial charge in [-0.25, -0.2) is 0 Å². The number of nitriles is 1. The third-order valence-electron chi connectivity index (χ3n) is 1.69. The molecule has 0 aliphatic heterocycles. The predicted octanol–water partition coefficient (Wildman–Crippen LogP) is 0.906. The van der Waals surface area contributed by atoms with Crippen molar-refractivity contribution in [2.75, 3.05) is 0 Å². The first-order chi connectivity index (χ1) is 7.20. The van der Waals surface area contributed by atoms with Crippen molar-refractivity contribution in [3.8, 4) is 17.6 Å². The minimum Gasteiger partial charge on any atom is -0.250 e. The number of hydrogen-bond donors (Lipinski definition) is 0. The monoisotopic (exact) mass is 264 g/mol. The zero-order chi connectivity index (χ0) is 10.8. The maximum Gasteiger partial charge on any atom is 0.224 e. The van der Waals surface area contributed by atoms with Crippen LogP contribution >= 0.6 is 15.9 Å². The lowest BCUT2D eigenvalue weighted by Gasteiger charge is -1.97. The van der Waals surface area contributed by atoms with Crippen LogP contribution in [0.2, 0.25) is 0 Å². The van der Waals surface area contributed by atoms with Gasteiger partial charge in [-0.1, -0.05) is 0 Å². The summed E-state index contributed by atoms with van der Waals surface area (Å²) in [7, 11) is 1.65. The number of aromatic nitrogens is 5. The second-order valence-corrected chi connectivity index (χ2v) is 3.68. The van der Waals surface area contributed by atoms with E-state index in [9.17, 15) is 0 Å². The second-order valence-electron chi connectivity index (χ2n) is 2.76. The fraction of sp³-hybridized carbons (Fsp3) is 0.125. The first kappa shape index (κ1) is 9.73. The molecule has 2 aromatic heterocycles. The van der Waals surface area contributed by atoms with Gasteiger partial charge >= 0.3 is 0 Å². The maximum absolute atomic E-state index is 8.92. The summed E-state index contributed by atoms with van der Waals surface area (Å²) in [5.74, 6) is 0.349. The zero-order valence-electron chi connectivity index (χ0n) is 7.72. The molecule has 0 radical (unpaired) electrons. The molecular weight excluding hydrogens is 260 g/mol. The Bertz CT molecular complexity index is 540. The smallest absolute Gasteiger partial charge is 0.224 e. The number of halogens is 1. The van der Waals surface area contributed by atoms with E-state index in [0.717, 1.165) is 4.47 Å². The van der Waals surface area contributed by atoms with Crippen LogP contribution in [0.4, 0.5) is 0 Å². The molecule has 2 heterocycles. The van der Waals surface area contributed by atoms with Crippen molar-refractivity contribution in [3.63, 3.8) is 0 Å². The van der Waals surface area contributed by atoms with Crippen LogP contribution in [0, 0.1) is 11.3 Å². The number of rotatable bonds is 1. The topological polar surface area (TPSA) is 80.3 Å². The van der Waals surface area contributed by atoms with Crippen LogP contribution in [0.1, 0.15) is 5.56 Å². The molecule has 2 aromatic rings. The fourth-order valence-corrected chi connectivity index (χ4v) is 1.41. The highest BCUT2D eigenvalue weighted by atomic mass is 79.9. The Morgan fingerprint density at radius 2 is 2.33 bits per heavy atom. The van der Waals surface area contributed by atoms with Gasteiger partial charge in [-0.2, -0.15) is 10.1 Å². The Morgan fingerprint density at radius 1 is 1.53 bits per heavy atom. The van der Waals surface area contributed by atoms with Crippen LogP contribution in [-0.2, 0) is 7.05 Å². The van der Waals surface area contributed by atoms with Gasteiger partial charge in [-0.05, 0) is 27.2 Å². The average Bonchev–Trinajstić information content (AvgIpc) is 2.64. The lowest BCUT2D eigenvalue weighted by atomic mass is 10.2. The Kier molecular flexibility index (Phi) is 2.43. The number of aryl methyl sites for hydroxylation is 1. The van der Waals surface area contributed by atoms with Crippen LogP contribution in [0.15, 0.2) is 16.7 Å². The minimum absolute atomic E-state index is 0.349. The Morgan fingerprint density at radius 3 is 2.93 bits per heavy atom.